The topological polar surface area (TPSA) is 75.2 Å². The Morgan fingerprint density at radius 2 is 1.83 bits per heavy atom. The van der Waals surface area contributed by atoms with Crippen molar-refractivity contribution in [2.45, 2.75) is 13.5 Å². The average molecular weight is 416 g/mol. The number of benzene rings is 2. The van der Waals surface area contributed by atoms with E-state index in [1.54, 1.807) is 40.3 Å². The first-order valence-electron chi connectivity index (χ1n) is 9.56. The highest BCUT2D eigenvalue weighted by atomic mass is 19.1. The standard InChI is InChI=1S/C22H29FN4O3/c1-15-6-7-16(12-19(15)23)21(28)25-10-11-26-22(24-2)27(3)14-17-8-9-18(29-4)13-20(17)30-5/h6-9,12-13H,10-11,14H2,1-5H3,(H,24,26)(H,25,28). The molecular formula is C22H29FN4O3. The number of ether oxygens (including phenoxy) is 2. The summed E-state index contributed by atoms with van der Waals surface area (Å²) < 4.78 is 24.3. The number of rotatable bonds is 8. The predicted molar refractivity (Wildman–Crippen MR) is 116 cm³/mol. The molecule has 0 radical (unpaired) electrons. The summed E-state index contributed by atoms with van der Waals surface area (Å²) in [6, 6.07) is 10.1. The molecule has 162 valence electrons. The van der Waals surface area contributed by atoms with E-state index in [9.17, 15) is 9.18 Å². The molecule has 0 atom stereocenters. The number of guanidine groups is 1. The molecule has 30 heavy (non-hydrogen) atoms. The van der Waals surface area contributed by atoms with Crippen molar-refractivity contribution in [1.82, 2.24) is 15.5 Å². The molecule has 2 aromatic carbocycles. The first kappa shape index (κ1) is 23.0. The molecule has 0 aliphatic rings. The molecule has 0 saturated heterocycles. The second kappa shape index (κ2) is 11.0. The molecule has 1 amide bonds. The minimum Gasteiger partial charge on any atom is -0.497 e. The maximum absolute atomic E-state index is 13.6. The lowest BCUT2D eigenvalue weighted by molar-refractivity contribution is 0.0954. The van der Waals surface area contributed by atoms with Gasteiger partial charge in [0.25, 0.3) is 5.91 Å². The SMILES string of the molecule is CN=C(NCCNC(=O)c1ccc(C)c(F)c1)N(C)Cc1ccc(OC)cc1OC. The molecule has 0 aromatic heterocycles. The van der Waals surface area contributed by atoms with Gasteiger partial charge in [0.15, 0.2) is 5.96 Å². The van der Waals surface area contributed by atoms with Crippen LogP contribution in [0.15, 0.2) is 41.4 Å². The summed E-state index contributed by atoms with van der Waals surface area (Å²) in [4.78, 5) is 18.4. The number of amides is 1. The smallest absolute Gasteiger partial charge is 0.251 e. The predicted octanol–water partition coefficient (Wildman–Crippen LogP) is 2.59. The number of nitrogens with zero attached hydrogens (tertiary/aromatic N) is 2. The number of nitrogens with one attached hydrogen (secondary N) is 2. The molecule has 0 fully saturated rings. The zero-order valence-electron chi connectivity index (χ0n) is 18.1. The summed E-state index contributed by atoms with van der Waals surface area (Å²) in [6.07, 6.45) is 0. The van der Waals surface area contributed by atoms with Gasteiger partial charge in [0.05, 0.1) is 14.2 Å². The fourth-order valence-electron chi connectivity index (χ4n) is 2.88. The Morgan fingerprint density at radius 1 is 1.10 bits per heavy atom. The van der Waals surface area contributed by atoms with Crippen molar-refractivity contribution in [2.24, 2.45) is 4.99 Å². The van der Waals surface area contributed by atoms with Gasteiger partial charge in [0, 0.05) is 50.9 Å². The summed E-state index contributed by atoms with van der Waals surface area (Å²) in [6.45, 7) is 3.07. The summed E-state index contributed by atoms with van der Waals surface area (Å²) in [5.74, 6) is 1.42. The molecule has 0 aliphatic carbocycles. The van der Waals surface area contributed by atoms with Crippen LogP contribution in [0.25, 0.3) is 0 Å². The molecule has 0 unspecified atom stereocenters. The summed E-state index contributed by atoms with van der Waals surface area (Å²) in [7, 11) is 6.83. The minimum atomic E-state index is -0.392. The maximum atomic E-state index is 13.6. The van der Waals surface area contributed by atoms with Crippen molar-refractivity contribution < 1.29 is 18.7 Å². The Kier molecular flexibility index (Phi) is 8.46. The number of carbonyl (C=O) groups excluding carboxylic acids is 1. The average Bonchev–Trinajstić information content (AvgIpc) is 2.75. The summed E-state index contributed by atoms with van der Waals surface area (Å²) in [5.41, 5.74) is 1.79. The van der Waals surface area contributed by atoms with E-state index < -0.39 is 5.82 Å². The maximum Gasteiger partial charge on any atom is 0.251 e. The molecule has 0 saturated carbocycles. The Hall–Kier alpha value is -3.29. The first-order chi connectivity index (χ1) is 14.4. The second-order valence-corrected chi connectivity index (χ2v) is 6.73. The summed E-state index contributed by atoms with van der Waals surface area (Å²) >= 11 is 0. The van der Waals surface area contributed by atoms with E-state index in [0.29, 0.717) is 36.7 Å². The fourth-order valence-corrected chi connectivity index (χ4v) is 2.88. The van der Waals surface area contributed by atoms with Crippen LogP contribution >= 0.6 is 0 Å². The van der Waals surface area contributed by atoms with Crippen molar-refractivity contribution in [3.05, 3.63) is 58.9 Å². The number of halogens is 1. The normalized spacial score (nSPS) is 11.1. The summed E-state index contributed by atoms with van der Waals surface area (Å²) in [5, 5.41) is 5.97. The molecule has 2 aromatic rings. The molecule has 0 heterocycles. The molecule has 0 bridgehead atoms. The van der Waals surface area contributed by atoms with Gasteiger partial charge in [-0.3, -0.25) is 9.79 Å². The third-order valence-corrected chi connectivity index (χ3v) is 4.60. The Balaban J connectivity index is 1.86. The third-order valence-electron chi connectivity index (χ3n) is 4.60. The van der Waals surface area contributed by atoms with Crippen LogP contribution in [-0.4, -0.2) is 58.2 Å². The Labute approximate surface area is 176 Å². The molecule has 2 N–H and O–H groups in total. The number of aryl methyl sites for hydroxylation is 1. The third kappa shape index (κ3) is 6.10. The molecular weight excluding hydrogens is 387 g/mol. The highest BCUT2D eigenvalue weighted by Gasteiger charge is 2.12. The Bertz CT molecular complexity index is 902. The van der Waals surface area contributed by atoms with Crippen LogP contribution in [0.1, 0.15) is 21.5 Å². The molecule has 8 heteroatoms. The number of carbonyl (C=O) groups is 1. The second-order valence-electron chi connectivity index (χ2n) is 6.73. The number of hydrogen-bond donors (Lipinski definition) is 2. The number of aliphatic imine (C=N–C) groups is 1. The lowest BCUT2D eigenvalue weighted by atomic mass is 10.1. The van der Waals surface area contributed by atoms with Gasteiger partial charge < -0.3 is 25.0 Å². The lowest BCUT2D eigenvalue weighted by Crippen LogP contribution is -2.42. The lowest BCUT2D eigenvalue weighted by Gasteiger charge is -2.23. The van der Waals surface area contributed by atoms with Crippen LogP contribution in [-0.2, 0) is 6.54 Å². The van der Waals surface area contributed by atoms with Crippen LogP contribution in [0.3, 0.4) is 0 Å². The molecule has 2 rings (SSSR count). The van der Waals surface area contributed by atoms with E-state index in [1.807, 2.05) is 30.1 Å². The van der Waals surface area contributed by atoms with Crippen molar-refractivity contribution in [2.75, 3.05) is 41.4 Å². The minimum absolute atomic E-state index is 0.297. The van der Waals surface area contributed by atoms with Gasteiger partial charge in [-0.05, 0) is 36.8 Å². The van der Waals surface area contributed by atoms with Gasteiger partial charge >= 0.3 is 0 Å². The van der Waals surface area contributed by atoms with Crippen LogP contribution in [0.5, 0.6) is 11.5 Å². The molecule has 7 nitrogen and oxygen atoms in total. The van der Waals surface area contributed by atoms with E-state index in [2.05, 4.69) is 15.6 Å². The zero-order valence-corrected chi connectivity index (χ0v) is 18.1. The molecule has 0 aliphatic heterocycles. The van der Waals surface area contributed by atoms with Crippen molar-refractivity contribution in [3.8, 4) is 11.5 Å². The van der Waals surface area contributed by atoms with Crippen molar-refractivity contribution in [3.63, 3.8) is 0 Å². The van der Waals surface area contributed by atoms with E-state index in [1.165, 1.54) is 6.07 Å². The number of methoxy groups -OCH3 is 2. The van der Waals surface area contributed by atoms with Crippen LogP contribution in [0.4, 0.5) is 4.39 Å². The van der Waals surface area contributed by atoms with Gasteiger partial charge in [-0.2, -0.15) is 0 Å². The van der Waals surface area contributed by atoms with Gasteiger partial charge in [-0.15, -0.1) is 0 Å². The van der Waals surface area contributed by atoms with Crippen molar-refractivity contribution >= 4 is 11.9 Å². The largest absolute Gasteiger partial charge is 0.497 e. The van der Waals surface area contributed by atoms with E-state index in [4.69, 9.17) is 9.47 Å². The van der Waals surface area contributed by atoms with Gasteiger partial charge in [-0.1, -0.05) is 6.07 Å². The monoisotopic (exact) mass is 416 g/mol. The van der Waals surface area contributed by atoms with Gasteiger partial charge in [-0.25, -0.2) is 4.39 Å². The van der Waals surface area contributed by atoms with Crippen LogP contribution in [0.2, 0.25) is 0 Å². The zero-order chi connectivity index (χ0) is 22.1. The number of hydrogen-bond acceptors (Lipinski definition) is 4. The van der Waals surface area contributed by atoms with Crippen LogP contribution in [0, 0.1) is 12.7 Å². The van der Waals surface area contributed by atoms with E-state index in [0.717, 1.165) is 17.1 Å². The van der Waals surface area contributed by atoms with Crippen LogP contribution < -0.4 is 20.1 Å². The quantitative estimate of drug-likeness (QED) is 0.393. The van der Waals surface area contributed by atoms with Gasteiger partial charge in [0.1, 0.15) is 17.3 Å². The highest BCUT2D eigenvalue weighted by molar-refractivity contribution is 5.94. The fraction of sp³-hybridized carbons (Fsp3) is 0.364. The van der Waals surface area contributed by atoms with Gasteiger partial charge in [0.2, 0.25) is 0 Å². The van der Waals surface area contributed by atoms with Crippen molar-refractivity contribution in [1.29, 1.82) is 0 Å². The Morgan fingerprint density at radius 3 is 2.47 bits per heavy atom. The van der Waals surface area contributed by atoms with E-state index in [-0.39, 0.29) is 5.91 Å². The first-order valence-corrected chi connectivity index (χ1v) is 9.56. The van der Waals surface area contributed by atoms with E-state index >= 15 is 0 Å². The highest BCUT2D eigenvalue weighted by Crippen LogP contribution is 2.25. The molecule has 0 spiro atoms.